The normalized spacial score (nSPS) is 11.0. The number of hydrogen-bond donors (Lipinski definition) is 1. The Balaban J connectivity index is 2.95. The van der Waals surface area contributed by atoms with E-state index >= 15 is 0 Å². The number of pyridine rings is 1. The standard InChI is InChI=1S/C11H11N2O3/c1-2-13(16)11(15)9(8-14)7-10-5-3-4-6-12-10/h3-7,16H,2H2,1H3/b9-7+. The number of aromatic nitrogens is 1. The average Bonchev–Trinajstić information content (AvgIpc) is 2.35. The molecule has 0 spiro atoms. The Kier molecular flexibility index (Phi) is 4.35. The molecule has 1 N–H and O–H groups in total. The number of carbonyl (C=O) groups is 1. The topological polar surface area (TPSA) is 70.5 Å². The van der Waals surface area contributed by atoms with E-state index in [0.717, 1.165) is 0 Å². The molecule has 1 radical (unpaired) electrons. The van der Waals surface area contributed by atoms with Crippen LogP contribution in [0, 0.1) is 0 Å². The molecule has 0 aliphatic carbocycles. The first-order chi connectivity index (χ1) is 7.69. The van der Waals surface area contributed by atoms with Gasteiger partial charge in [-0.2, -0.15) is 0 Å². The zero-order valence-electron chi connectivity index (χ0n) is 8.75. The summed E-state index contributed by atoms with van der Waals surface area (Å²) in [7, 11) is 0. The van der Waals surface area contributed by atoms with E-state index in [2.05, 4.69) is 4.98 Å². The second-order valence-corrected chi connectivity index (χ2v) is 2.94. The lowest BCUT2D eigenvalue weighted by Crippen LogP contribution is -2.28. The molecule has 0 aliphatic rings. The maximum absolute atomic E-state index is 11.4. The summed E-state index contributed by atoms with van der Waals surface area (Å²) in [4.78, 5) is 25.9. The van der Waals surface area contributed by atoms with Gasteiger partial charge in [0.1, 0.15) is 0 Å². The molecule has 1 rings (SSSR count). The molecule has 0 bridgehead atoms. The minimum Gasteiger partial charge on any atom is -0.286 e. The smallest absolute Gasteiger partial charge is 0.281 e. The van der Waals surface area contributed by atoms with E-state index < -0.39 is 5.91 Å². The molecular weight excluding hydrogens is 208 g/mol. The maximum Gasteiger partial charge on any atom is 0.281 e. The predicted octanol–water partition coefficient (Wildman–Crippen LogP) is 0.812. The molecule has 83 valence electrons. The summed E-state index contributed by atoms with van der Waals surface area (Å²) in [5, 5.41) is 9.59. The Morgan fingerprint density at radius 3 is 2.88 bits per heavy atom. The molecule has 1 amide bonds. The van der Waals surface area contributed by atoms with Crippen LogP contribution in [-0.4, -0.2) is 34.0 Å². The average molecular weight is 219 g/mol. The highest BCUT2D eigenvalue weighted by atomic mass is 16.5. The van der Waals surface area contributed by atoms with Crippen molar-refractivity contribution in [2.24, 2.45) is 0 Å². The van der Waals surface area contributed by atoms with Crippen LogP contribution in [0.15, 0.2) is 30.0 Å². The van der Waals surface area contributed by atoms with Crippen LogP contribution in [0.3, 0.4) is 0 Å². The van der Waals surface area contributed by atoms with Gasteiger partial charge in [-0.3, -0.25) is 19.8 Å². The molecule has 0 fully saturated rings. The number of carbonyl (C=O) groups excluding carboxylic acids is 2. The fourth-order valence-corrected chi connectivity index (χ4v) is 1.03. The molecule has 0 aromatic carbocycles. The Morgan fingerprint density at radius 1 is 1.62 bits per heavy atom. The number of rotatable bonds is 4. The van der Waals surface area contributed by atoms with Gasteiger partial charge in [-0.25, -0.2) is 5.06 Å². The fourth-order valence-electron chi connectivity index (χ4n) is 1.03. The van der Waals surface area contributed by atoms with E-state index in [9.17, 15) is 9.59 Å². The Hall–Kier alpha value is -2.01. The van der Waals surface area contributed by atoms with Crippen molar-refractivity contribution >= 4 is 18.3 Å². The molecule has 5 nitrogen and oxygen atoms in total. The van der Waals surface area contributed by atoms with Gasteiger partial charge in [-0.05, 0) is 25.1 Å². The number of nitrogens with zero attached hydrogens (tertiary/aromatic N) is 2. The summed E-state index contributed by atoms with van der Waals surface area (Å²) in [5.41, 5.74) is 0.196. The van der Waals surface area contributed by atoms with Crippen LogP contribution in [-0.2, 0) is 9.59 Å². The zero-order chi connectivity index (χ0) is 12.0. The van der Waals surface area contributed by atoms with Gasteiger partial charge >= 0.3 is 0 Å². The molecule has 5 heteroatoms. The molecule has 0 aliphatic heterocycles. The van der Waals surface area contributed by atoms with Crippen molar-refractivity contribution in [2.75, 3.05) is 6.54 Å². The SMILES string of the molecule is CCN(O)C(=O)/C([C]=O)=C/c1ccccn1. The largest absolute Gasteiger partial charge is 0.286 e. The lowest BCUT2D eigenvalue weighted by molar-refractivity contribution is -0.158. The second kappa shape index (κ2) is 5.77. The highest BCUT2D eigenvalue weighted by Gasteiger charge is 2.15. The van der Waals surface area contributed by atoms with E-state index in [1.54, 1.807) is 25.1 Å². The first-order valence-electron chi connectivity index (χ1n) is 4.70. The summed E-state index contributed by atoms with van der Waals surface area (Å²) >= 11 is 0. The molecular formula is C11H11N2O3. The maximum atomic E-state index is 11.4. The van der Waals surface area contributed by atoms with Gasteiger partial charge in [0, 0.05) is 12.7 Å². The van der Waals surface area contributed by atoms with Crippen molar-refractivity contribution in [3.8, 4) is 0 Å². The van der Waals surface area contributed by atoms with Gasteiger partial charge in [0.2, 0.25) is 6.29 Å². The van der Waals surface area contributed by atoms with Gasteiger partial charge in [0.05, 0.1) is 11.3 Å². The van der Waals surface area contributed by atoms with E-state index in [-0.39, 0.29) is 12.1 Å². The molecule has 16 heavy (non-hydrogen) atoms. The molecule has 0 unspecified atom stereocenters. The summed E-state index contributed by atoms with van der Waals surface area (Å²) in [6.07, 6.45) is 4.29. The quantitative estimate of drug-likeness (QED) is 0.267. The number of amides is 1. The molecule has 0 saturated heterocycles. The molecule has 0 saturated carbocycles. The van der Waals surface area contributed by atoms with Crippen LogP contribution in [0.2, 0.25) is 0 Å². The third kappa shape index (κ3) is 2.99. The second-order valence-electron chi connectivity index (χ2n) is 2.94. The Bertz CT molecular complexity index is 401. The third-order valence-corrected chi connectivity index (χ3v) is 1.85. The van der Waals surface area contributed by atoms with Crippen LogP contribution in [0.4, 0.5) is 0 Å². The summed E-state index contributed by atoms with van der Waals surface area (Å²) in [5.74, 6) is -0.789. The first-order valence-corrected chi connectivity index (χ1v) is 4.70. The van der Waals surface area contributed by atoms with Crippen molar-refractivity contribution in [3.63, 3.8) is 0 Å². The van der Waals surface area contributed by atoms with Gasteiger partial charge in [-0.1, -0.05) is 6.07 Å². The molecule has 1 aromatic heterocycles. The monoisotopic (exact) mass is 219 g/mol. The number of likely N-dealkylation sites (N-methyl/N-ethyl adjacent to an activating group) is 1. The van der Waals surface area contributed by atoms with Crippen molar-refractivity contribution in [1.29, 1.82) is 0 Å². The van der Waals surface area contributed by atoms with Crippen LogP contribution in [0.1, 0.15) is 12.6 Å². The molecule has 1 aromatic rings. The van der Waals surface area contributed by atoms with Gasteiger partial charge < -0.3 is 0 Å². The van der Waals surface area contributed by atoms with Crippen molar-refractivity contribution in [2.45, 2.75) is 6.92 Å². The summed E-state index contributed by atoms with van der Waals surface area (Å²) in [6.45, 7) is 1.68. The van der Waals surface area contributed by atoms with Crippen molar-refractivity contribution < 1.29 is 14.8 Å². The van der Waals surface area contributed by atoms with Crippen LogP contribution < -0.4 is 0 Å². The third-order valence-electron chi connectivity index (χ3n) is 1.85. The highest BCUT2D eigenvalue weighted by Crippen LogP contribution is 2.04. The van der Waals surface area contributed by atoms with Gasteiger partial charge in [-0.15, -0.1) is 0 Å². The van der Waals surface area contributed by atoms with Crippen LogP contribution in [0.5, 0.6) is 0 Å². The predicted molar refractivity (Wildman–Crippen MR) is 57.1 cm³/mol. The lowest BCUT2D eigenvalue weighted by Gasteiger charge is -2.10. The fraction of sp³-hybridized carbons (Fsp3) is 0.182. The van der Waals surface area contributed by atoms with E-state index in [1.165, 1.54) is 18.6 Å². The minimum atomic E-state index is -0.789. The summed E-state index contributed by atoms with van der Waals surface area (Å²) < 4.78 is 0. The lowest BCUT2D eigenvalue weighted by atomic mass is 10.2. The zero-order valence-corrected chi connectivity index (χ0v) is 8.75. The number of hydroxylamine groups is 2. The molecule has 1 heterocycles. The van der Waals surface area contributed by atoms with Gasteiger partial charge in [0.15, 0.2) is 0 Å². The van der Waals surface area contributed by atoms with Crippen molar-refractivity contribution in [1.82, 2.24) is 10.0 Å². The van der Waals surface area contributed by atoms with E-state index in [0.29, 0.717) is 10.8 Å². The van der Waals surface area contributed by atoms with Crippen LogP contribution in [0.25, 0.3) is 6.08 Å². The van der Waals surface area contributed by atoms with E-state index in [1.807, 2.05) is 0 Å². The first kappa shape index (κ1) is 12.1. The van der Waals surface area contributed by atoms with Crippen LogP contribution >= 0.6 is 0 Å². The van der Waals surface area contributed by atoms with Crippen molar-refractivity contribution in [3.05, 3.63) is 35.7 Å². The Morgan fingerprint density at radius 2 is 2.38 bits per heavy atom. The van der Waals surface area contributed by atoms with E-state index in [4.69, 9.17) is 5.21 Å². The minimum absolute atomic E-state index is 0.0973. The molecule has 0 atom stereocenters. The highest BCUT2D eigenvalue weighted by molar-refractivity contribution is 6.13. The van der Waals surface area contributed by atoms with Gasteiger partial charge in [0.25, 0.3) is 5.91 Å². The number of hydrogen-bond acceptors (Lipinski definition) is 4. The Labute approximate surface area is 93.0 Å². The summed E-state index contributed by atoms with van der Waals surface area (Å²) in [6, 6.07) is 5.08.